The average molecular weight is 327 g/mol. The molecule has 0 bridgehead atoms. The predicted octanol–water partition coefficient (Wildman–Crippen LogP) is 1.08. The fourth-order valence-electron chi connectivity index (χ4n) is 3.37. The lowest BCUT2D eigenvalue weighted by Crippen LogP contribution is -2.48. The van der Waals surface area contributed by atoms with E-state index in [-0.39, 0.29) is 11.9 Å². The smallest absolute Gasteiger partial charge is 0.235 e. The molecule has 0 aromatic rings. The van der Waals surface area contributed by atoms with Gasteiger partial charge in [-0.3, -0.25) is 9.59 Å². The van der Waals surface area contributed by atoms with Crippen LogP contribution in [0.5, 0.6) is 0 Å². The third-order valence-corrected chi connectivity index (χ3v) is 5.79. The molecule has 0 spiro atoms. The highest BCUT2D eigenvalue weighted by Crippen LogP contribution is 2.45. The molecule has 2 atom stereocenters. The maximum Gasteiger partial charge on any atom is 0.235 e. The number of likely N-dealkylation sites (tertiary alicyclic amines) is 1. The second-order valence-corrected chi connectivity index (χ2v) is 8.03. The van der Waals surface area contributed by atoms with Gasteiger partial charge < -0.3 is 16.0 Å². The van der Waals surface area contributed by atoms with Crippen LogP contribution < -0.4 is 11.1 Å². The third-order valence-electron chi connectivity index (χ3n) is 5.09. The molecule has 1 aliphatic heterocycles. The monoisotopic (exact) mass is 327 g/mol. The van der Waals surface area contributed by atoms with Crippen molar-refractivity contribution in [2.75, 3.05) is 31.6 Å². The Morgan fingerprint density at radius 1 is 1.36 bits per heavy atom. The minimum absolute atomic E-state index is 0.138. The van der Waals surface area contributed by atoms with Crippen molar-refractivity contribution in [3.05, 3.63) is 0 Å². The van der Waals surface area contributed by atoms with Gasteiger partial charge in [0.05, 0.1) is 0 Å². The van der Waals surface area contributed by atoms with E-state index >= 15 is 0 Å². The number of nitrogens with zero attached hydrogens (tertiary/aromatic N) is 1. The Kier molecular flexibility index (Phi) is 5.77. The minimum atomic E-state index is -0.909. The molecule has 0 aromatic heterocycles. The largest absolute Gasteiger partial charge is 0.369 e. The lowest BCUT2D eigenvalue weighted by molar-refractivity contribution is -0.136. The summed E-state index contributed by atoms with van der Waals surface area (Å²) in [4.78, 5) is 26.4. The van der Waals surface area contributed by atoms with Gasteiger partial charge in [0.1, 0.15) is 5.41 Å². The van der Waals surface area contributed by atoms with E-state index in [0.29, 0.717) is 24.7 Å². The summed E-state index contributed by atoms with van der Waals surface area (Å²) in [5.74, 6) is 1.51. The van der Waals surface area contributed by atoms with Crippen molar-refractivity contribution in [3.8, 4) is 0 Å². The van der Waals surface area contributed by atoms with Crippen LogP contribution in [0.2, 0.25) is 0 Å². The second kappa shape index (κ2) is 7.21. The zero-order chi connectivity index (χ0) is 16.3. The number of rotatable bonds is 8. The Morgan fingerprint density at radius 2 is 2.05 bits per heavy atom. The predicted molar refractivity (Wildman–Crippen MR) is 90.6 cm³/mol. The number of nitrogens with two attached hydrogens (primary N) is 1. The molecular formula is C16H29N3O2S. The van der Waals surface area contributed by atoms with Crippen LogP contribution >= 0.6 is 11.8 Å². The summed E-state index contributed by atoms with van der Waals surface area (Å²) in [5, 5.41) is 3.13. The fourth-order valence-corrected chi connectivity index (χ4v) is 3.79. The Bertz CT molecular complexity index is 424. The molecule has 0 aromatic carbocycles. The Hall–Kier alpha value is -0.750. The molecule has 5 nitrogen and oxygen atoms in total. The lowest BCUT2D eigenvalue weighted by atomic mass is 9.90. The topological polar surface area (TPSA) is 75.4 Å². The van der Waals surface area contributed by atoms with Crippen molar-refractivity contribution in [2.24, 2.45) is 23.0 Å². The first-order chi connectivity index (χ1) is 10.4. The normalized spacial score (nSPS) is 27.1. The Balaban J connectivity index is 1.93. The SMILES string of the molecule is CSCCCN1C[C@@H](NC(=O)C2(C(N)=O)CC2)[C@H](C(C)C)C1. The van der Waals surface area contributed by atoms with Crippen LogP contribution in [-0.2, 0) is 9.59 Å². The summed E-state index contributed by atoms with van der Waals surface area (Å²) in [7, 11) is 0. The molecule has 2 rings (SSSR count). The second-order valence-electron chi connectivity index (χ2n) is 7.04. The zero-order valence-corrected chi connectivity index (χ0v) is 14.7. The van der Waals surface area contributed by atoms with Gasteiger partial charge in [-0.1, -0.05) is 13.8 Å². The molecule has 22 heavy (non-hydrogen) atoms. The van der Waals surface area contributed by atoms with Crippen molar-refractivity contribution < 1.29 is 9.59 Å². The number of primary amides is 1. The van der Waals surface area contributed by atoms with E-state index in [1.807, 2.05) is 11.8 Å². The van der Waals surface area contributed by atoms with Gasteiger partial charge in [-0.2, -0.15) is 11.8 Å². The van der Waals surface area contributed by atoms with Gasteiger partial charge in [-0.15, -0.1) is 0 Å². The van der Waals surface area contributed by atoms with Crippen LogP contribution in [0.3, 0.4) is 0 Å². The molecule has 1 heterocycles. The van der Waals surface area contributed by atoms with Crippen LogP contribution in [0, 0.1) is 17.3 Å². The highest BCUT2D eigenvalue weighted by molar-refractivity contribution is 7.98. The average Bonchev–Trinajstić information content (AvgIpc) is 3.17. The number of hydrogen-bond acceptors (Lipinski definition) is 4. The van der Waals surface area contributed by atoms with E-state index in [0.717, 1.165) is 19.6 Å². The van der Waals surface area contributed by atoms with Crippen LogP contribution in [0.4, 0.5) is 0 Å². The summed E-state index contributed by atoms with van der Waals surface area (Å²) >= 11 is 1.87. The first-order valence-electron chi connectivity index (χ1n) is 8.23. The van der Waals surface area contributed by atoms with Gasteiger partial charge in [-0.05, 0) is 49.7 Å². The highest BCUT2D eigenvalue weighted by atomic mass is 32.2. The molecule has 0 radical (unpaired) electrons. The van der Waals surface area contributed by atoms with Crippen molar-refractivity contribution in [3.63, 3.8) is 0 Å². The van der Waals surface area contributed by atoms with Crippen LogP contribution in [-0.4, -0.2) is 54.4 Å². The first kappa shape index (κ1) is 17.6. The number of nitrogens with one attached hydrogen (secondary N) is 1. The summed E-state index contributed by atoms with van der Waals surface area (Å²) in [5.41, 5.74) is 4.49. The maximum atomic E-state index is 12.4. The summed E-state index contributed by atoms with van der Waals surface area (Å²) in [6.45, 7) is 7.40. The number of hydrogen-bond donors (Lipinski definition) is 2. The standard InChI is InChI=1S/C16H29N3O2S/c1-11(2)12-9-19(7-4-8-22-3)10-13(12)18-15(21)16(5-6-16)14(17)20/h11-13H,4-10H2,1-3H3,(H2,17,20)(H,18,21)/t12-,13+/m0/s1. The molecular weight excluding hydrogens is 298 g/mol. The van der Waals surface area contributed by atoms with E-state index in [1.54, 1.807) is 0 Å². The molecule has 1 saturated heterocycles. The minimum Gasteiger partial charge on any atom is -0.369 e. The van der Waals surface area contributed by atoms with Crippen molar-refractivity contribution in [2.45, 2.75) is 39.2 Å². The number of carbonyl (C=O) groups is 2. The zero-order valence-electron chi connectivity index (χ0n) is 13.9. The summed E-state index contributed by atoms with van der Waals surface area (Å²) < 4.78 is 0. The van der Waals surface area contributed by atoms with E-state index in [2.05, 4.69) is 30.3 Å². The Labute approximate surface area is 137 Å². The van der Waals surface area contributed by atoms with Crippen LogP contribution in [0.25, 0.3) is 0 Å². The van der Waals surface area contributed by atoms with Gasteiger partial charge in [0, 0.05) is 19.1 Å². The molecule has 6 heteroatoms. The molecule has 2 aliphatic rings. The molecule has 1 saturated carbocycles. The van der Waals surface area contributed by atoms with Gasteiger partial charge >= 0.3 is 0 Å². The van der Waals surface area contributed by atoms with E-state index in [9.17, 15) is 9.59 Å². The lowest BCUT2D eigenvalue weighted by Gasteiger charge is -2.24. The van der Waals surface area contributed by atoms with Crippen molar-refractivity contribution >= 4 is 23.6 Å². The fraction of sp³-hybridized carbons (Fsp3) is 0.875. The molecule has 126 valence electrons. The third kappa shape index (κ3) is 3.77. The van der Waals surface area contributed by atoms with Gasteiger partial charge in [-0.25, -0.2) is 0 Å². The molecule has 2 amide bonds. The van der Waals surface area contributed by atoms with E-state index in [1.165, 1.54) is 12.2 Å². The Morgan fingerprint density at radius 3 is 2.55 bits per heavy atom. The van der Waals surface area contributed by atoms with Crippen LogP contribution in [0.15, 0.2) is 0 Å². The van der Waals surface area contributed by atoms with Crippen molar-refractivity contribution in [1.82, 2.24) is 10.2 Å². The van der Waals surface area contributed by atoms with Gasteiger partial charge in [0.25, 0.3) is 0 Å². The number of amides is 2. The number of carbonyl (C=O) groups excluding carboxylic acids is 2. The molecule has 1 aliphatic carbocycles. The number of thioether (sulfide) groups is 1. The van der Waals surface area contributed by atoms with E-state index in [4.69, 9.17) is 5.73 Å². The van der Waals surface area contributed by atoms with E-state index < -0.39 is 11.3 Å². The summed E-state index contributed by atoms with van der Waals surface area (Å²) in [6.07, 6.45) is 4.51. The maximum absolute atomic E-state index is 12.4. The quantitative estimate of drug-likeness (QED) is 0.517. The first-order valence-corrected chi connectivity index (χ1v) is 9.62. The van der Waals surface area contributed by atoms with Gasteiger partial charge in [0.15, 0.2) is 0 Å². The molecule has 2 fully saturated rings. The molecule has 0 unspecified atom stereocenters. The van der Waals surface area contributed by atoms with Gasteiger partial charge in [0.2, 0.25) is 11.8 Å². The highest BCUT2D eigenvalue weighted by Gasteiger charge is 2.56. The van der Waals surface area contributed by atoms with Crippen LogP contribution in [0.1, 0.15) is 33.1 Å². The van der Waals surface area contributed by atoms with Crippen molar-refractivity contribution in [1.29, 1.82) is 0 Å². The molecule has 3 N–H and O–H groups in total. The summed E-state index contributed by atoms with van der Waals surface area (Å²) in [6, 6.07) is 0.138.